The number of rotatable bonds is 6. The van der Waals surface area contributed by atoms with Gasteiger partial charge in [-0.05, 0) is 19.8 Å². The van der Waals surface area contributed by atoms with Crippen molar-refractivity contribution in [2.75, 3.05) is 39.3 Å². The van der Waals surface area contributed by atoms with Gasteiger partial charge in [-0.25, -0.2) is 0 Å². The van der Waals surface area contributed by atoms with Gasteiger partial charge in [0.15, 0.2) is 11.8 Å². The molecule has 1 saturated heterocycles. The number of nitrogens with one attached hydrogen (secondary N) is 2. The van der Waals surface area contributed by atoms with Crippen molar-refractivity contribution >= 4 is 35.6 Å². The molecule has 1 aliphatic heterocycles. The molecule has 1 aliphatic rings. The summed E-state index contributed by atoms with van der Waals surface area (Å²) in [6.45, 7) is 4.43. The molecule has 0 saturated carbocycles. The molecule has 30 heavy (non-hydrogen) atoms. The molecule has 166 valence electrons. The highest BCUT2D eigenvalue weighted by Gasteiger charge is 2.21. The van der Waals surface area contributed by atoms with Crippen LogP contribution in [-0.2, 0) is 13.6 Å². The fourth-order valence-electron chi connectivity index (χ4n) is 3.41. The van der Waals surface area contributed by atoms with Crippen molar-refractivity contribution in [2.45, 2.75) is 32.4 Å². The Morgan fingerprint density at radius 3 is 2.27 bits per heavy atom. The van der Waals surface area contributed by atoms with Gasteiger partial charge >= 0.3 is 0 Å². The SMILES string of the molecule is CN=C(NCc1nnc(C)n1C)NC1CCN(c2cc(OC)cc(OC)c2)CC1.I. The van der Waals surface area contributed by atoms with E-state index in [2.05, 4.69) is 42.9 Å². The first-order valence-electron chi connectivity index (χ1n) is 9.84. The monoisotopic (exact) mass is 529 g/mol. The zero-order valence-electron chi connectivity index (χ0n) is 18.3. The van der Waals surface area contributed by atoms with Gasteiger partial charge in [0.2, 0.25) is 0 Å². The lowest BCUT2D eigenvalue weighted by atomic mass is 10.0. The lowest BCUT2D eigenvalue weighted by molar-refractivity contribution is 0.393. The number of piperidine rings is 1. The predicted octanol–water partition coefficient (Wildman–Crippen LogP) is 2.09. The number of aliphatic imine (C=N–C) groups is 1. The van der Waals surface area contributed by atoms with Crippen LogP contribution < -0.4 is 25.0 Å². The van der Waals surface area contributed by atoms with Crippen LogP contribution in [0, 0.1) is 6.92 Å². The zero-order valence-corrected chi connectivity index (χ0v) is 20.6. The number of methoxy groups -OCH3 is 2. The first-order chi connectivity index (χ1) is 14.0. The molecule has 0 aliphatic carbocycles. The Kier molecular flexibility index (Phi) is 9.00. The van der Waals surface area contributed by atoms with E-state index in [1.54, 1.807) is 21.3 Å². The van der Waals surface area contributed by atoms with Crippen molar-refractivity contribution in [1.82, 2.24) is 25.4 Å². The second-order valence-electron chi connectivity index (χ2n) is 7.12. The summed E-state index contributed by atoms with van der Waals surface area (Å²) < 4.78 is 12.8. The first kappa shape index (κ1) is 24.0. The van der Waals surface area contributed by atoms with Gasteiger partial charge in [-0.15, -0.1) is 34.2 Å². The smallest absolute Gasteiger partial charge is 0.191 e. The highest BCUT2D eigenvalue weighted by atomic mass is 127. The molecule has 2 N–H and O–H groups in total. The van der Waals surface area contributed by atoms with E-state index >= 15 is 0 Å². The molecule has 0 bridgehead atoms. The third-order valence-electron chi connectivity index (χ3n) is 5.36. The maximum absolute atomic E-state index is 5.40. The molecule has 10 heteroatoms. The van der Waals surface area contributed by atoms with Gasteiger partial charge in [-0.2, -0.15) is 0 Å². The number of hydrogen-bond donors (Lipinski definition) is 2. The summed E-state index contributed by atoms with van der Waals surface area (Å²) in [4.78, 5) is 6.71. The van der Waals surface area contributed by atoms with Crippen molar-refractivity contribution in [3.05, 3.63) is 29.8 Å². The summed E-state index contributed by atoms with van der Waals surface area (Å²) in [7, 11) is 7.10. The average molecular weight is 529 g/mol. The van der Waals surface area contributed by atoms with E-state index in [-0.39, 0.29) is 24.0 Å². The quantitative estimate of drug-likeness (QED) is 0.337. The maximum Gasteiger partial charge on any atom is 0.191 e. The number of nitrogens with zero attached hydrogens (tertiary/aromatic N) is 5. The van der Waals surface area contributed by atoms with Gasteiger partial charge in [-0.3, -0.25) is 4.99 Å². The number of aromatic nitrogens is 3. The summed E-state index contributed by atoms with van der Waals surface area (Å²) in [6.07, 6.45) is 2.03. The predicted molar refractivity (Wildman–Crippen MR) is 129 cm³/mol. The molecular weight excluding hydrogens is 497 g/mol. The minimum atomic E-state index is 0. The highest BCUT2D eigenvalue weighted by molar-refractivity contribution is 14.0. The van der Waals surface area contributed by atoms with Crippen molar-refractivity contribution in [1.29, 1.82) is 0 Å². The van der Waals surface area contributed by atoms with Gasteiger partial charge in [0.05, 0.1) is 20.8 Å². The van der Waals surface area contributed by atoms with Crippen LogP contribution in [0.15, 0.2) is 23.2 Å². The van der Waals surface area contributed by atoms with E-state index in [0.717, 1.165) is 60.7 Å². The Morgan fingerprint density at radius 1 is 1.13 bits per heavy atom. The van der Waals surface area contributed by atoms with Crippen molar-refractivity contribution < 1.29 is 9.47 Å². The molecule has 2 aromatic rings. The molecule has 1 aromatic heterocycles. The summed E-state index contributed by atoms with van der Waals surface area (Å²) in [5.74, 6) is 4.18. The van der Waals surface area contributed by atoms with E-state index in [1.165, 1.54) is 0 Å². The lowest BCUT2D eigenvalue weighted by Gasteiger charge is -2.34. The number of aryl methyl sites for hydroxylation is 1. The molecule has 0 atom stereocenters. The topological polar surface area (TPSA) is 88.8 Å². The molecule has 2 heterocycles. The number of ether oxygens (including phenoxy) is 2. The standard InChI is InChI=1S/C20H31N7O2.HI/c1-14-24-25-19(26(14)3)13-22-20(21-2)23-15-6-8-27(9-7-15)16-10-17(28-4)12-18(11-16)29-5;/h10-12,15H,6-9,13H2,1-5H3,(H2,21,22,23);1H. The van der Waals surface area contributed by atoms with Crippen LogP contribution >= 0.6 is 24.0 Å². The molecule has 0 radical (unpaired) electrons. The first-order valence-corrected chi connectivity index (χ1v) is 9.84. The largest absolute Gasteiger partial charge is 0.497 e. The zero-order chi connectivity index (χ0) is 20.8. The Hall–Kier alpha value is -2.24. The van der Waals surface area contributed by atoms with Gasteiger partial charge in [0, 0.05) is 57.1 Å². The number of benzene rings is 1. The average Bonchev–Trinajstić information content (AvgIpc) is 3.08. The fraction of sp³-hybridized carbons (Fsp3) is 0.550. The van der Waals surface area contributed by atoms with Crippen LogP contribution in [0.2, 0.25) is 0 Å². The van der Waals surface area contributed by atoms with E-state index in [0.29, 0.717) is 12.6 Å². The molecule has 3 rings (SSSR count). The third kappa shape index (κ3) is 5.89. The second-order valence-corrected chi connectivity index (χ2v) is 7.12. The summed E-state index contributed by atoms with van der Waals surface area (Å²) in [5.41, 5.74) is 1.12. The van der Waals surface area contributed by atoms with Crippen LogP contribution in [0.3, 0.4) is 0 Å². The van der Waals surface area contributed by atoms with Gasteiger partial charge in [-0.1, -0.05) is 0 Å². The van der Waals surface area contributed by atoms with Crippen molar-refractivity contribution in [2.24, 2.45) is 12.0 Å². The van der Waals surface area contributed by atoms with E-state index in [1.807, 2.05) is 24.6 Å². The van der Waals surface area contributed by atoms with Crippen LogP contribution in [0.1, 0.15) is 24.5 Å². The lowest BCUT2D eigenvalue weighted by Crippen LogP contribution is -2.48. The molecule has 0 unspecified atom stereocenters. The van der Waals surface area contributed by atoms with Crippen molar-refractivity contribution in [3.63, 3.8) is 0 Å². The van der Waals surface area contributed by atoms with Gasteiger partial charge in [0.25, 0.3) is 0 Å². The van der Waals surface area contributed by atoms with Crippen LogP contribution in [0.4, 0.5) is 5.69 Å². The van der Waals surface area contributed by atoms with Crippen LogP contribution in [0.5, 0.6) is 11.5 Å². The van der Waals surface area contributed by atoms with Gasteiger partial charge < -0.3 is 29.6 Å². The highest BCUT2D eigenvalue weighted by Crippen LogP contribution is 2.30. The summed E-state index contributed by atoms with van der Waals surface area (Å²) in [6, 6.07) is 6.37. The second kappa shape index (κ2) is 11.2. The molecule has 1 aromatic carbocycles. The Morgan fingerprint density at radius 2 is 1.77 bits per heavy atom. The minimum Gasteiger partial charge on any atom is -0.497 e. The summed E-state index contributed by atoms with van der Waals surface area (Å²) >= 11 is 0. The number of anilines is 1. The Labute approximate surface area is 195 Å². The molecule has 0 spiro atoms. The van der Waals surface area contributed by atoms with Crippen LogP contribution in [0.25, 0.3) is 0 Å². The van der Waals surface area contributed by atoms with Gasteiger partial charge in [0.1, 0.15) is 17.3 Å². The number of guanidine groups is 1. The molecule has 1 fully saturated rings. The molecule has 0 amide bonds. The minimum absolute atomic E-state index is 0. The maximum atomic E-state index is 5.40. The van der Waals surface area contributed by atoms with E-state index < -0.39 is 0 Å². The number of hydrogen-bond acceptors (Lipinski definition) is 6. The Bertz CT molecular complexity index is 825. The Balaban J connectivity index is 0.00000320. The summed E-state index contributed by atoms with van der Waals surface area (Å²) in [5, 5.41) is 15.1. The van der Waals surface area contributed by atoms with Crippen molar-refractivity contribution in [3.8, 4) is 11.5 Å². The number of halogens is 1. The van der Waals surface area contributed by atoms with E-state index in [9.17, 15) is 0 Å². The fourth-order valence-corrected chi connectivity index (χ4v) is 3.41. The molecule has 9 nitrogen and oxygen atoms in total. The third-order valence-corrected chi connectivity index (χ3v) is 5.36. The molecular formula is C20H32IN7O2. The van der Waals surface area contributed by atoms with Crippen LogP contribution in [-0.4, -0.2) is 61.1 Å². The normalized spacial score (nSPS) is 14.8. The van der Waals surface area contributed by atoms with E-state index in [4.69, 9.17) is 9.47 Å².